The van der Waals surface area contributed by atoms with Gasteiger partial charge in [0.05, 0.1) is 0 Å². The Hall–Kier alpha value is -0.210. The van der Waals surface area contributed by atoms with Crippen molar-refractivity contribution < 1.29 is 13.2 Å². The molecule has 1 rings (SSSR count). The van der Waals surface area contributed by atoms with E-state index in [1.807, 2.05) is 0 Å². The first kappa shape index (κ1) is 12.8. The highest BCUT2D eigenvalue weighted by molar-refractivity contribution is 4.58. The van der Waals surface area contributed by atoms with Crippen LogP contribution in [0, 0.1) is 5.92 Å². The molecule has 0 aliphatic heterocycles. The molecule has 0 N–H and O–H groups in total. The Kier molecular flexibility index (Phi) is 6.17. The van der Waals surface area contributed by atoms with E-state index in [4.69, 9.17) is 0 Å². The Morgan fingerprint density at radius 1 is 0.923 bits per heavy atom. The van der Waals surface area contributed by atoms with Gasteiger partial charge in [-0.15, -0.1) is 0 Å². The second-order valence-electron chi connectivity index (χ2n) is 3.88. The van der Waals surface area contributed by atoms with Crippen LogP contribution < -0.4 is 0 Å². The average Bonchev–Trinajstić information content (AvgIpc) is 2.12. The number of hydrogen-bond donors (Lipinski definition) is 0. The molecule has 0 aromatic carbocycles. The summed E-state index contributed by atoms with van der Waals surface area (Å²) in [7, 11) is 0. The van der Waals surface area contributed by atoms with Gasteiger partial charge < -0.3 is 0 Å². The van der Waals surface area contributed by atoms with E-state index in [0.29, 0.717) is 0 Å². The van der Waals surface area contributed by atoms with E-state index in [2.05, 4.69) is 6.92 Å². The zero-order valence-corrected chi connectivity index (χ0v) is 8.45. The largest absolute Gasteiger partial charge is 0.386 e. The molecule has 0 bridgehead atoms. The molecule has 0 nitrogen and oxygen atoms in total. The fraction of sp³-hybridized carbons (Fsp3) is 1.00. The summed E-state index contributed by atoms with van der Waals surface area (Å²) in [5, 5.41) is 0. The van der Waals surface area contributed by atoms with Crippen LogP contribution in [0.15, 0.2) is 0 Å². The number of rotatable bonds is 0. The highest BCUT2D eigenvalue weighted by Crippen LogP contribution is 2.21. The van der Waals surface area contributed by atoms with Gasteiger partial charge in [-0.2, -0.15) is 13.2 Å². The van der Waals surface area contributed by atoms with E-state index in [1.54, 1.807) is 0 Å². The summed E-state index contributed by atoms with van der Waals surface area (Å²) in [6, 6.07) is 0. The molecule has 0 unspecified atom stereocenters. The van der Waals surface area contributed by atoms with Gasteiger partial charge in [0.2, 0.25) is 0 Å². The van der Waals surface area contributed by atoms with Crippen LogP contribution in [0.2, 0.25) is 0 Å². The molecule has 0 saturated heterocycles. The van der Waals surface area contributed by atoms with E-state index in [9.17, 15) is 13.2 Å². The smallest absolute Gasteiger partial charge is 0.172 e. The maximum absolute atomic E-state index is 10.4. The standard InChI is InChI=1S/C8H16.C2H3F3/c1-8-6-4-2-3-5-7-8;1-2(3,4)5/h8H,2-7H2,1H3;1H3. The molecule has 0 spiro atoms. The summed E-state index contributed by atoms with van der Waals surface area (Å²) < 4.78 is 31.1. The molecule has 1 aliphatic carbocycles. The molecule has 13 heavy (non-hydrogen) atoms. The minimum atomic E-state index is -4.00. The van der Waals surface area contributed by atoms with Crippen LogP contribution in [0.25, 0.3) is 0 Å². The van der Waals surface area contributed by atoms with E-state index in [0.717, 1.165) is 5.92 Å². The van der Waals surface area contributed by atoms with Gasteiger partial charge in [-0.3, -0.25) is 0 Å². The van der Waals surface area contributed by atoms with Crippen molar-refractivity contribution in [2.75, 3.05) is 0 Å². The third-order valence-corrected chi connectivity index (χ3v) is 2.14. The minimum Gasteiger partial charge on any atom is -0.172 e. The zero-order chi connectivity index (χ0) is 10.3. The predicted molar refractivity (Wildman–Crippen MR) is 48.6 cm³/mol. The van der Waals surface area contributed by atoms with Crippen LogP contribution in [0.1, 0.15) is 52.4 Å². The molecule has 1 saturated carbocycles. The number of alkyl halides is 3. The van der Waals surface area contributed by atoms with Gasteiger partial charge in [0.1, 0.15) is 0 Å². The Bertz CT molecular complexity index is 104. The lowest BCUT2D eigenvalue weighted by Crippen LogP contribution is -1.95. The van der Waals surface area contributed by atoms with Gasteiger partial charge >= 0.3 is 6.18 Å². The lowest BCUT2D eigenvalue weighted by atomic mass is 10.0. The van der Waals surface area contributed by atoms with Crippen LogP contribution in [-0.4, -0.2) is 6.18 Å². The van der Waals surface area contributed by atoms with Gasteiger partial charge in [-0.1, -0.05) is 45.4 Å². The summed E-state index contributed by atoms with van der Waals surface area (Å²) in [5.41, 5.74) is 0. The van der Waals surface area contributed by atoms with Crippen molar-refractivity contribution in [2.24, 2.45) is 5.92 Å². The molecule has 1 aliphatic rings. The quantitative estimate of drug-likeness (QED) is 0.499. The van der Waals surface area contributed by atoms with Gasteiger partial charge in [0.25, 0.3) is 0 Å². The first-order chi connectivity index (χ1) is 5.89. The van der Waals surface area contributed by atoms with E-state index in [1.165, 1.54) is 38.5 Å². The van der Waals surface area contributed by atoms with Crippen LogP contribution >= 0.6 is 0 Å². The van der Waals surface area contributed by atoms with Crippen molar-refractivity contribution >= 4 is 0 Å². The predicted octanol–water partition coefficient (Wildman–Crippen LogP) is 4.55. The lowest BCUT2D eigenvalue weighted by Gasteiger charge is -2.02. The van der Waals surface area contributed by atoms with Crippen molar-refractivity contribution in [3.63, 3.8) is 0 Å². The maximum atomic E-state index is 10.4. The molecule has 0 heterocycles. The molecule has 0 amide bonds. The van der Waals surface area contributed by atoms with Crippen molar-refractivity contribution in [3.8, 4) is 0 Å². The minimum absolute atomic E-state index is 0.188. The van der Waals surface area contributed by atoms with Gasteiger partial charge in [-0.25, -0.2) is 0 Å². The summed E-state index contributed by atoms with van der Waals surface area (Å²) in [5.74, 6) is 1.03. The van der Waals surface area contributed by atoms with Gasteiger partial charge in [0.15, 0.2) is 0 Å². The molecular formula is C10H19F3. The first-order valence-corrected chi connectivity index (χ1v) is 4.96. The summed E-state index contributed by atoms with van der Waals surface area (Å²) in [6.07, 6.45) is 4.93. The monoisotopic (exact) mass is 196 g/mol. The second-order valence-corrected chi connectivity index (χ2v) is 3.88. The first-order valence-electron chi connectivity index (χ1n) is 4.96. The van der Waals surface area contributed by atoms with Crippen molar-refractivity contribution in [2.45, 2.75) is 58.5 Å². The van der Waals surface area contributed by atoms with E-state index >= 15 is 0 Å². The third kappa shape index (κ3) is 14.6. The molecular weight excluding hydrogens is 177 g/mol. The maximum Gasteiger partial charge on any atom is 0.386 e. The molecule has 0 radical (unpaired) electrons. The lowest BCUT2D eigenvalue weighted by molar-refractivity contribution is -0.110. The van der Waals surface area contributed by atoms with E-state index < -0.39 is 6.18 Å². The summed E-state index contributed by atoms with van der Waals surface area (Å²) in [4.78, 5) is 0. The Balaban J connectivity index is 0.000000252. The van der Waals surface area contributed by atoms with Crippen LogP contribution in [0.5, 0.6) is 0 Å². The summed E-state index contributed by atoms with van der Waals surface area (Å²) >= 11 is 0. The Labute approximate surface area is 78.5 Å². The highest BCUT2D eigenvalue weighted by Gasteiger charge is 2.15. The fourth-order valence-electron chi connectivity index (χ4n) is 1.48. The van der Waals surface area contributed by atoms with E-state index in [-0.39, 0.29) is 6.92 Å². The molecule has 0 atom stereocenters. The molecule has 0 aromatic rings. The SMILES string of the molecule is CC(F)(F)F.CC1CCCCCC1. The number of hydrogen-bond acceptors (Lipinski definition) is 0. The molecule has 0 aromatic heterocycles. The topological polar surface area (TPSA) is 0 Å². The van der Waals surface area contributed by atoms with Crippen LogP contribution in [-0.2, 0) is 0 Å². The number of halogens is 3. The van der Waals surface area contributed by atoms with Gasteiger partial charge in [-0.05, 0) is 5.92 Å². The zero-order valence-electron chi connectivity index (χ0n) is 8.45. The highest BCUT2D eigenvalue weighted by atomic mass is 19.4. The van der Waals surface area contributed by atoms with Crippen LogP contribution in [0.4, 0.5) is 13.2 Å². The normalized spacial score (nSPS) is 20.1. The fourth-order valence-corrected chi connectivity index (χ4v) is 1.48. The van der Waals surface area contributed by atoms with Gasteiger partial charge in [0, 0.05) is 6.92 Å². The Morgan fingerprint density at radius 3 is 1.54 bits per heavy atom. The second kappa shape index (κ2) is 6.28. The van der Waals surface area contributed by atoms with Crippen LogP contribution in [0.3, 0.4) is 0 Å². The molecule has 80 valence electrons. The molecule has 3 heteroatoms. The van der Waals surface area contributed by atoms with Crippen molar-refractivity contribution in [3.05, 3.63) is 0 Å². The summed E-state index contributed by atoms with van der Waals surface area (Å²) in [6.45, 7) is 2.57. The molecule has 1 fully saturated rings. The van der Waals surface area contributed by atoms with Crippen molar-refractivity contribution in [1.82, 2.24) is 0 Å². The van der Waals surface area contributed by atoms with Crippen molar-refractivity contribution in [1.29, 1.82) is 0 Å². The average molecular weight is 196 g/mol. The Morgan fingerprint density at radius 2 is 1.23 bits per heavy atom. The third-order valence-electron chi connectivity index (χ3n) is 2.14.